The van der Waals surface area contributed by atoms with E-state index < -0.39 is 17.6 Å². The molecule has 6 heteroatoms. The molecule has 1 heterocycles. The van der Waals surface area contributed by atoms with E-state index >= 15 is 0 Å². The summed E-state index contributed by atoms with van der Waals surface area (Å²) in [5.74, 6) is -1.27. The fraction of sp³-hybridized carbons (Fsp3) is 0. The molecule has 0 spiro atoms. The van der Waals surface area contributed by atoms with E-state index in [1.807, 2.05) is 0 Å². The van der Waals surface area contributed by atoms with Gasteiger partial charge in [0.05, 0.1) is 16.8 Å². The minimum Gasteiger partial charge on any atom is -0.268 e. The molecule has 100 valence electrons. The van der Waals surface area contributed by atoms with Crippen LogP contribution in [-0.2, 0) is 0 Å². The highest BCUT2D eigenvalue weighted by atomic mass is 79.9. The van der Waals surface area contributed by atoms with E-state index in [0.29, 0.717) is 21.3 Å². The summed E-state index contributed by atoms with van der Waals surface area (Å²) < 4.78 is 14.2. The van der Waals surface area contributed by atoms with Crippen molar-refractivity contribution in [3.63, 3.8) is 0 Å². The maximum atomic E-state index is 13.1. The first kappa shape index (κ1) is 13.5. The highest BCUT2D eigenvalue weighted by Gasteiger charge is 2.37. The lowest BCUT2D eigenvalue weighted by molar-refractivity contribution is 0.0926. The van der Waals surface area contributed by atoms with Gasteiger partial charge in [-0.05, 0) is 52.3 Å². The molecular formula is C14H6Br2FNO2. The molecule has 0 saturated heterocycles. The lowest BCUT2D eigenvalue weighted by Crippen LogP contribution is -2.29. The van der Waals surface area contributed by atoms with Crippen molar-refractivity contribution in [3.8, 4) is 0 Å². The number of rotatable bonds is 1. The van der Waals surface area contributed by atoms with Gasteiger partial charge in [-0.1, -0.05) is 15.9 Å². The minimum atomic E-state index is -0.444. The SMILES string of the molecule is O=C1c2ccc(Br)cc2C(=O)N1c1ccc(F)cc1Br. The number of fused-ring (bicyclic) bond motifs is 1. The van der Waals surface area contributed by atoms with Crippen molar-refractivity contribution in [3.05, 3.63) is 62.3 Å². The Hall–Kier alpha value is -1.53. The van der Waals surface area contributed by atoms with Gasteiger partial charge >= 0.3 is 0 Å². The van der Waals surface area contributed by atoms with Crippen molar-refractivity contribution >= 4 is 49.4 Å². The normalized spacial score (nSPS) is 13.8. The Morgan fingerprint density at radius 1 is 0.900 bits per heavy atom. The van der Waals surface area contributed by atoms with Crippen LogP contribution in [0.15, 0.2) is 45.3 Å². The van der Waals surface area contributed by atoms with Crippen LogP contribution in [0.1, 0.15) is 20.7 Å². The predicted octanol–water partition coefficient (Wildman–Crippen LogP) is 4.15. The van der Waals surface area contributed by atoms with Crippen LogP contribution in [0.25, 0.3) is 0 Å². The topological polar surface area (TPSA) is 37.4 Å². The van der Waals surface area contributed by atoms with Gasteiger partial charge in [0.15, 0.2) is 0 Å². The van der Waals surface area contributed by atoms with Crippen LogP contribution >= 0.6 is 31.9 Å². The van der Waals surface area contributed by atoms with Crippen LogP contribution in [-0.4, -0.2) is 11.8 Å². The van der Waals surface area contributed by atoms with Crippen LogP contribution in [0.2, 0.25) is 0 Å². The molecule has 0 unspecified atom stereocenters. The van der Waals surface area contributed by atoms with Crippen LogP contribution in [0.3, 0.4) is 0 Å². The Kier molecular flexibility index (Phi) is 3.22. The maximum Gasteiger partial charge on any atom is 0.266 e. The first-order chi connectivity index (χ1) is 9.49. The third-order valence-corrected chi connectivity index (χ3v) is 4.13. The van der Waals surface area contributed by atoms with Crippen molar-refractivity contribution in [2.24, 2.45) is 0 Å². The lowest BCUT2D eigenvalue weighted by atomic mass is 10.1. The van der Waals surface area contributed by atoms with E-state index in [1.165, 1.54) is 18.2 Å². The molecule has 0 aromatic heterocycles. The predicted molar refractivity (Wildman–Crippen MR) is 79.4 cm³/mol. The van der Waals surface area contributed by atoms with E-state index in [2.05, 4.69) is 31.9 Å². The summed E-state index contributed by atoms with van der Waals surface area (Å²) in [6.45, 7) is 0. The van der Waals surface area contributed by atoms with Crippen molar-refractivity contribution < 1.29 is 14.0 Å². The van der Waals surface area contributed by atoms with Crippen molar-refractivity contribution in [2.45, 2.75) is 0 Å². The molecular weight excluding hydrogens is 393 g/mol. The number of hydrogen-bond acceptors (Lipinski definition) is 2. The zero-order valence-corrected chi connectivity index (χ0v) is 13.0. The van der Waals surface area contributed by atoms with Gasteiger partial charge < -0.3 is 0 Å². The fourth-order valence-corrected chi connectivity index (χ4v) is 2.98. The van der Waals surface area contributed by atoms with Crippen LogP contribution in [0.4, 0.5) is 10.1 Å². The molecule has 2 amide bonds. The van der Waals surface area contributed by atoms with Gasteiger partial charge in [0, 0.05) is 8.95 Å². The quantitative estimate of drug-likeness (QED) is 0.676. The maximum absolute atomic E-state index is 13.1. The summed E-state index contributed by atoms with van der Waals surface area (Å²) in [4.78, 5) is 25.7. The van der Waals surface area contributed by atoms with Gasteiger partial charge in [-0.3, -0.25) is 9.59 Å². The number of halogens is 3. The van der Waals surface area contributed by atoms with Gasteiger partial charge in [0.2, 0.25) is 0 Å². The summed E-state index contributed by atoms with van der Waals surface area (Å²) >= 11 is 6.45. The molecule has 3 nitrogen and oxygen atoms in total. The molecule has 2 aromatic rings. The highest BCUT2D eigenvalue weighted by Crippen LogP contribution is 2.34. The minimum absolute atomic E-state index is 0.328. The van der Waals surface area contributed by atoms with Crippen molar-refractivity contribution in [2.75, 3.05) is 4.90 Å². The van der Waals surface area contributed by atoms with Gasteiger partial charge in [0.1, 0.15) is 5.82 Å². The summed E-state index contributed by atoms with van der Waals surface area (Å²) in [6, 6.07) is 8.72. The molecule has 0 radical (unpaired) electrons. The summed E-state index contributed by atoms with van der Waals surface area (Å²) in [5.41, 5.74) is 1.00. The first-order valence-electron chi connectivity index (χ1n) is 5.62. The second-order valence-corrected chi connectivity index (χ2v) is 6.00. The zero-order valence-electron chi connectivity index (χ0n) is 9.86. The fourth-order valence-electron chi connectivity index (χ4n) is 2.09. The molecule has 20 heavy (non-hydrogen) atoms. The van der Waals surface area contributed by atoms with E-state index in [4.69, 9.17) is 0 Å². The Morgan fingerprint density at radius 2 is 1.60 bits per heavy atom. The number of amides is 2. The highest BCUT2D eigenvalue weighted by molar-refractivity contribution is 9.10. The summed E-state index contributed by atoms with van der Waals surface area (Å²) in [7, 11) is 0. The average molecular weight is 399 g/mol. The number of carbonyl (C=O) groups is 2. The Morgan fingerprint density at radius 3 is 2.30 bits per heavy atom. The number of benzene rings is 2. The molecule has 1 aliphatic heterocycles. The second-order valence-electron chi connectivity index (χ2n) is 4.23. The first-order valence-corrected chi connectivity index (χ1v) is 7.21. The van der Waals surface area contributed by atoms with Gasteiger partial charge in [-0.15, -0.1) is 0 Å². The van der Waals surface area contributed by atoms with Crippen molar-refractivity contribution in [1.29, 1.82) is 0 Å². The summed E-state index contributed by atoms with van der Waals surface area (Å²) in [5, 5.41) is 0. The molecule has 0 fully saturated rings. The lowest BCUT2D eigenvalue weighted by Gasteiger charge is -2.15. The number of imide groups is 1. The molecule has 0 atom stereocenters. The number of nitrogens with zero attached hydrogens (tertiary/aromatic N) is 1. The molecule has 0 bridgehead atoms. The van der Waals surface area contributed by atoms with Gasteiger partial charge in [-0.25, -0.2) is 9.29 Å². The van der Waals surface area contributed by atoms with E-state index in [9.17, 15) is 14.0 Å². The van der Waals surface area contributed by atoms with Crippen LogP contribution in [0, 0.1) is 5.82 Å². The third kappa shape index (κ3) is 1.99. The molecule has 3 rings (SSSR count). The number of hydrogen-bond donors (Lipinski definition) is 0. The van der Waals surface area contributed by atoms with Gasteiger partial charge in [-0.2, -0.15) is 0 Å². The summed E-state index contributed by atoms with van der Waals surface area (Å²) in [6.07, 6.45) is 0. The van der Waals surface area contributed by atoms with E-state index in [-0.39, 0.29) is 0 Å². The Bertz CT molecular complexity index is 761. The van der Waals surface area contributed by atoms with Gasteiger partial charge in [0.25, 0.3) is 11.8 Å². The Balaban J connectivity index is 2.14. The van der Waals surface area contributed by atoms with E-state index in [1.54, 1.807) is 18.2 Å². The van der Waals surface area contributed by atoms with Crippen molar-refractivity contribution in [1.82, 2.24) is 0 Å². The molecule has 0 N–H and O–H groups in total. The molecule has 1 aliphatic rings. The largest absolute Gasteiger partial charge is 0.268 e. The smallest absolute Gasteiger partial charge is 0.266 e. The third-order valence-electron chi connectivity index (χ3n) is 3.00. The monoisotopic (exact) mass is 397 g/mol. The molecule has 0 saturated carbocycles. The number of anilines is 1. The van der Waals surface area contributed by atoms with E-state index in [0.717, 1.165) is 9.37 Å². The standard InChI is InChI=1S/C14H6Br2FNO2/c15-7-1-3-9-10(5-7)14(20)18(13(9)19)12-4-2-8(17)6-11(12)16/h1-6H. The number of carbonyl (C=O) groups excluding carboxylic acids is 2. The zero-order chi connectivity index (χ0) is 14.4. The average Bonchev–Trinajstić information content (AvgIpc) is 2.63. The second kappa shape index (κ2) is 4.79. The Labute approximate surface area is 130 Å². The van der Waals surface area contributed by atoms with Crippen LogP contribution in [0.5, 0.6) is 0 Å². The van der Waals surface area contributed by atoms with Crippen LogP contribution < -0.4 is 4.90 Å². The molecule has 2 aromatic carbocycles. The molecule has 0 aliphatic carbocycles.